The van der Waals surface area contributed by atoms with Crippen LogP contribution in [0, 0.1) is 46.3 Å². The summed E-state index contributed by atoms with van der Waals surface area (Å²) in [6.45, 7) is 6.51. The van der Waals surface area contributed by atoms with Gasteiger partial charge in [0.25, 0.3) is 0 Å². The number of carbonyl (C=O) groups is 1. The molecule has 0 amide bonds. The molecule has 0 saturated carbocycles. The van der Waals surface area contributed by atoms with Crippen molar-refractivity contribution in [3.63, 3.8) is 0 Å². The van der Waals surface area contributed by atoms with Crippen molar-refractivity contribution < 1.29 is 50.7 Å². The smallest absolute Gasteiger partial charge is 0.309 e. The maximum Gasteiger partial charge on any atom is 0.309 e. The van der Waals surface area contributed by atoms with Gasteiger partial charge in [0.15, 0.2) is 0 Å². The summed E-state index contributed by atoms with van der Waals surface area (Å²) in [6, 6.07) is 0. The van der Waals surface area contributed by atoms with Gasteiger partial charge in [0, 0.05) is 40.8 Å². The Morgan fingerprint density at radius 3 is 1.55 bits per heavy atom. The summed E-state index contributed by atoms with van der Waals surface area (Å²) in [4.78, 5) is 11.8. The van der Waals surface area contributed by atoms with E-state index in [2.05, 4.69) is 20.8 Å². The molecule has 0 atom stereocenters. The summed E-state index contributed by atoms with van der Waals surface area (Å²) in [5, 5.41) is 9.68. The van der Waals surface area contributed by atoms with E-state index < -0.39 is 11.4 Å². The summed E-state index contributed by atoms with van der Waals surface area (Å²) in [5.41, 5.74) is -0.432. The Labute approximate surface area is 159 Å². The van der Waals surface area contributed by atoms with Crippen molar-refractivity contribution in [2.45, 2.75) is 97.8 Å². The number of carboxylic acid groups (broad SMARTS) is 1. The Kier molecular flexibility index (Phi) is 17.0. The Hall–Kier alpha value is 0.821. The zero-order valence-corrected chi connectivity index (χ0v) is 17.0. The third-order valence-electron chi connectivity index (χ3n) is 4.23. The minimum atomic E-state index is -0.551. The fourth-order valence-corrected chi connectivity index (χ4v) is 2.79. The van der Waals surface area contributed by atoms with Gasteiger partial charge in [-0.25, -0.2) is 0 Å². The topological polar surface area (TPSA) is 37.3 Å². The maximum atomic E-state index is 11.8. The number of aliphatic carboxylic acids is 1. The summed E-state index contributed by atoms with van der Waals surface area (Å²) >= 11 is 0. The second kappa shape index (κ2) is 14.7. The Morgan fingerprint density at radius 1 is 0.750 bits per heavy atom. The van der Waals surface area contributed by atoms with Crippen molar-refractivity contribution >= 4 is 5.97 Å². The average Bonchev–Trinajstić information content (AvgIpc) is 2.40. The monoisotopic (exact) mass is 412 g/mol. The quantitative estimate of drug-likeness (QED) is 0.387. The van der Waals surface area contributed by atoms with Crippen LogP contribution in [0.15, 0.2) is 0 Å². The van der Waals surface area contributed by atoms with Crippen LogP contribution in [0.4, 0.5) is 0 Å². The van der Waals surface area contributed by atoms with E-state index in [4.69, 9.17) is 0 Å². The van der Waals surface area contributed by atoms with E-state index >= 15 is 0 Å². The van der Waals surface area contributed by atoms with Crippen LogP contribution >= 0.6 is 0 Å². The molecule has 0 bridgehead atoms. The third kappa shape index (κ3) is 9.70. The van der Waals surface area contributed by atoms with Crippen molar-refractivity contribution in [2.24, 2.45) is 5.41 Å². The number of carboxylic acids is 1. The molecule has 0 aromatic rings. The first-order chi connectivity index (χ1) is 9.13. The van der Waals surface area contributed by atoms with Crippen molar-refractivity contribution in [1.29, 1.82) is 0 Å². The molecule has 0 heterocycles. The van der Waals surface area contributed by atoms with Crippen LogP contribution in [0.2, 0.25) is 0 Å². The second-order valence-electron chi connectivity index (χ2n) is 5.96. The number of hydrogen-bond acceptors (Lipinski definition) is 1. The van der Waals surface area contributed by atoms with E-state index in [1.165, 1.54) is 25.7 Å². The molecule has 0 aliphatic rings. The summed E-state index contributed by atoms with van der Waals surface area (Å²) < 4.78 is 0. The van der Waals surface area contributed by atoms with Gasteiger partial charge in [0.05, 0.1) is 5.41 Å². The minimum absolute atomic E-state index is 0. The van der Waals surface area contributed by atoms with Crippen LogP contribution in [0.3, 0.4) is 0 Å². The van der Waals surface area contributed by atoms with E-state index in [9.17, 15) is 9.90 Å². The molecule has 1 N–H and O–H groups in total. The van der Waals surface area contributed by atoms with Gasteiger partial charge in [-0.05, 0) is 19.3 Å². The number of rotatable bonds is 13. The molecule has 118 valence electrons. The predicted molar refractivity (Wildman–Crippen MR) is 82.5 cm³/mol. The molecule has 3 heteroatoms. The first kappa shape index (κ1) is 23.1. The largest absolute Gasteiger partial charge is 0.481 e. The van der Waals surface area contributed by atoms with Crippen LogP contribution < -0.4 is 0 Å². The molecule has 0 fully saturated rings. The number of unbranched alkanes of at least 4 members (excludes halogenated alkanes) is 6. The molecular weight excluding hydrogens is 380 g/mol. The molecule has 0 aromatic heterocycles. The Balaban J connectivity index is 0. The number of hydrogen-bond donors (Lipinski definition) is 1. The van der Waals surface area contributed by atoms with Gasteiger partial charge >= 0.3 is 5.97 Å². The van der Waals surface area contributed by atoms with Crippen molar-refractivity contribution in [3.8, 4) is 0 Å². The second-order valence-corrected chi connectivity index (χ2v) is 5.96. The zero-order chi connectivity index (χ0) is 14.6. The molecular formula is C17H34NdO2. The molecule has 2 nitrogen and oxygen atoms in total. The molecule has 0 radical (unpaired) electrons. The van der Waals surface area contributed by atoms with Gasteiger partial charge in [-0.3, -0.25) is 4.79 Å². The first-order valence-electron chi connectivity index (χ1n) is 8.36. The third-order valence-corrected chi connectivity index (χ3v) is 4.23. The molecule has 0 unspecified atom stereocenters. The van der Waals surface area contributed by atoms with Crippen LogP contribution in [0.25, 0.3) is 0 Å². The molecule has 0 aliphatic carbocycles. The van der Waals surface area contributed by atoms with E-state index in [0.717, 1.165) is 51.4 Å². The predicted octanol–water partition coefficient (Wildman–Crippen LogP) is 5.80. The van der Waals surface area contributed by atoms with Crippen LogP contribution in [0.1, 0.15) is 97.8 Å². The fraction of sp³-hybridized carbons (Fsp3) is 0.941. The minimum Gasteiger partial charge on any atom is -0.481 e. The van der Waals surface area contributed by atoms with E-state index in [1.807, 2.05) is 0 Å². The van der Waals surface area contributed by atoms with Crippen molar-refractivity contribution in [3.05, 3.63) is 0 Å². The maximum absolute atomic E-state index is 11.8. The average molecular weight is 415 g/mol. The summed E-state index contributed by atoms with van der Waals surface area (Å²) in [6.07, 6.45) is 13.0. The van der Waals surface area contributed by atoms with Gasteiger partial charge in [-0.1, -0.05) is 78.6 Å². The van der Waals surface area contributed by atoms with E-state index in [0.29, 0.717) is 0 Å². The molecule has 0 aromatic carbocycles. The molecule has 0 spiro atoms. The van der Waals surface area contributed by atoms with Crippen molar-refractivity contribution in [2.75, 3.05) is 0 Å². The zero-order valence-electron chi connectivity index (χ0n) is 13.8. The van der Waals surface area contributed by atoms with Crippen molar-refractivity contribution in [1.82, 2.24) is 0 Å². The SMILES string of the molecule is CCCCCCCC(CCCC)(CCCC)C(=O)O.[Nd]. The Bertz CT molecular complexity index is 221. The van der Waals surface area contributed by atoms with E-state index in [-0.39, 0.29) is 40.8 Å². The Morgan fingerprint density at radius 2 is 1.15 bits per heavy atom. The molecule has 0 saturated heterocycles. The van der Waals surface area contributed by atoms with Gasteiger partial charge in [-0.15, -0.1) is 0 Å². The standard InChI is InChI=1S/C17H34O2.Nd/c1-4-7-10-11-12-15-17(16(18)19,13-8-5-2)14-9-6-3;/h4-15H2,1-3H3,(H,18,19);. The first-order valence-corrected chi connectivity index (χ1v) is 8.36. The van der Waals surface area contributed by atoms with Gasteiger partial charge in [0.2, 0.25) is 0 Å². The fourth-order valence-electron chi connectivity index (χ4n) is 2.79. The van der Waals surface area contributed by atoms with E-state index in [1.54, 1.807) is 0 Å². The van der Waals surface area contributed by atoms with Gasteiger partial charge < -0.3 is 5.11 Å². The van der Waals surface area contributed by atoms with Crippen LogP contribution in [0.5, 0.6) is 0 Å². The molecule has 0 aliphatic heterocycles. The van der Waals surface area contributed by atoms with Crippen LogP contribution in [-0.2, 0) is 4.79 Å². The summed E-state index contributed by atoms with van der Waals surface area (Å²) in [7, 11) is 0. The summed E-state index contributed by atoms with van der Waals surface area (Å²) in [5.74, 6) is -0.551. The molecule has 0 rings (SSSR count). The molecule has 20 heavy (non-hydrogen) atoms. The van der Waals surface area contributed by atoms with Crippen LogP contribution in [-0.4, -0.2) is 11.1 Å². The van der Waals surface area contributed by atoms with Gasteiger partial charge in [0.1, 0.15) is 0 Å². The van der Waals surface area contributed by atoms with Gasteiger partial charge in [-0.2, -0.15) is 0 Å². The normalized spacial score (nSPS) is 11.2.